The first-order chi connectivity index (χ1) is 13.0. The summed E-state index contributed by atoms with van der Waals surface area (Å²) in [5.74, 6) is 1.01. The van der Waals surface area contributed by atoms with Crippen LogP contribution in [0.4, 0.5) is 5.82 Å². The zero-order chi connectivity index (χ0) is 19.1. The van der Waals surface area contributed by atoms with Crippen molar-refractivity contribution in [3.05, 3.63) is 16.8 Å². The Kier molecular flexibility index (Phi) is 5.05. The number of rotatable bonds is 4. The highest BCUT2D eigenvalue weighted by Crippen LogP contribution is 2.35. The Bertz CT molecular complexity index is 853. The molecule has 1 N–H and O–H groups in total. The van der Waals surface area contributed by atoms with Gasteiger partial charge in [0.1, 0.15) is 21.9 Å². The van der Waals surface area contributed by atoms with E-state index in [0.29, 0.717) is 29.0 Å². The Balaban J connectivity index is 1.54. The molecule has 8 heteroatoms. The maximum atomic E-state index is 12.0. The number of methoxy groups -OCH3 is 1. The van der Waals surface area contributed by atoms with Crippen molar-refractivity contribution in [2.24, 2.45) is 5.92 Å². The molecule has 0 bridgehead atoms. The van der Waals surface area contributed by atoms with Crippen LogP contribution < -0.4 is 5.32 Å². The number of aromatic nitrogens is 2. The minimum absolute atomic E-state index is 0.309. The van der Waals surface area contributed by atoms with Crippen LogP contribution in [-0.4, -0.2) is 65.8 Å². The first kappa shape index (κ1) is 18.6. The highest BCUT2D eigenvalue weighted by Gasteiger charge is 2.38. The summed E-state index contributed by atoms with van der Waals surface area (Å²) in [4.78, 5) is 24.8. The molecule has 0 spiro atoms. The zero-order valence-corrected chi connectivity index (χ0v) is 17.0. The summed E-state index contributed by atoms with van der Waals surface area (Å²) in [6.45, 7) is 9.13. The van der Waals surface area contributed by atoms with Crippen molar-refractivity contribution in [2.45, 2.75) is 45.4 Å². The third-order valence-electron chi connectivity index (χ3n) is 5.63. The van der Waals surface area contributed by atoms with Gasteiger partial charge in [-0.25, -0.2) is 14.8 Å². The molecule has 0 saturated carbocycles. The third kappa shape index (κ3) is 3.41. The number of hydrogen-bond acceptors (Lipinski definition) is 8. The number of esters is 1. The minimum Gasteiger partial charge on any atom is -0.465 e. The van der Waals surface area contributed by atoms with Gasteiger partial charge >= 0.3 is 5.97 Å². The monoisotopic (exact) mass is 390 g/mol. The molecule has 0 amide bonds. The summed E-state index contributed by atoms with van der Waals surface area (Å²) in [7, 11) is 1.40. The van der Waals surface area contributed by atoms with Crippen LogP contribution in [0.25, 0.3) is 10.2 Å². The van der Waals surface area contributed by atoms with Crippen molar-refractivity contribution >= 4 is 33.3 Å². The predicted molar refractivity (Wildman–Crippen MR) is 105 cm³/mol. The van der Waals surface area contributed by atoms with Gasteiger partial charge in [0.25, 0.3) is 0 Å². The lowest BCUT2D eigenvalue weighted by Crippen LogP contribution is -2.48. The van der Waals surface area contributed by atoms with Crippen LogP contribution in [0.5, 0.6) is 0 Å². The van der Waals surface area contributed by atoms with E-state index in [1.807, 2.05) is 6.92 Å². The normalized spacial score (nSPS) is 25.7. The van der Waals surface area contributed by atoms with Gasteiger partial charge in [0.15, 0.2) is 0 Å². The fraction of sp³-hybridized carbons (Fsp3) is 0.632. The Morgan fingerprint density at radius 2 is 2.22 bits per heavy atom. The predicted octanol–water partition coefficient (Wildman–Crippen LogP) is 2.70. The van der Waals surface area contributed by atoms with Gasteiger partial charge in [-0.05, 0) is 24.8 Å². The first-order valence-electron chi connectivity index (χ1n) is 9.42. The Labute approximate surface area is 163 Å². The average Bonchev–Trinajstić information content (AvgIpc) is 3.21. The number of carbonyl (C=O) groups excluding carboxylic acids is 1. The van der Waals surface area contributed by atoms with Crippen molar-refractivity contribution in [2.75, 3.05) is 32.1 Å². The SMILES string of the molecule is COC(=O)c1sc2ncnc(N[C@@H]3C[C@H]4CO[C@H](C(C)C)CN4C3)c2c1C. The maximum absolute atomic E-state index is 12.0. The Morgan fingerprint density at radius 3 is 2.96 bits per heavy atom. The topological polar surface area (TPSA) is 76.6 Å². The molecular formula is C19H26N4O3S. The molecule has 2 aromatic heterocycles. The number of anilines is 1. The molecule has 0 radical (unpaired) electrons. The van der Waals surface area contributed by atoms with E-state index in [4.69, 9.17) is 9.47 Å². The summed E-state index contributed by atoms with van der Waals surface area (Å²) >= 11 is 1.36. The van der Waals surface area contributed by atoms with E-state index in [2.05, 4.69) is 34.0 Å². The molecule has 0 aliphatic carbocycles. The fourth-order valence-corrected chi connectivity index (χ4v) is 5.14. The van der Waals surface area contributed by atoms with Crippen molar-refractivity contribution in [1.29, 1.82) is 0 Å². The lowest BCUT2D eigenvalue weighted by atomic mass is 10.0. The molecule has 2 saturated heterocycles. The summed E-state index contributed by atoms with van der Waals surface area (Å²) in [6, 6.07) is 0.771. The molecular weight excluding hydrogens is 364 g/mol. The molecule has 3 atom stereocenters. The van der Waals surface area contributed by atoms with Gasteiger partial charge in [0, 0.05) is 25.2 Å². The van der Waals surface area contributed by atoms with E-state index in [0.717, 1.165) is 47.7 Å². The number of nitrogens with one attached hydrogen (secondary N) is 1. The van der Waals surface area contributed by atoms with Crippen LogP contribution in [0.2, 0.25) is 0 Å². The van der Waals surface area contributed by atoms with Crippen LogP contribution in [0, 0.1) is 12.8 Å². The van der Waals surface area contributed by atoms with Crippen molar-refractivity contribution in [3.63, 3.8) is 0 Å². The second-order valence-electron chi connectivity index (χ2n) is 7.75. The number of morpholine rings is 1. The Morgan fingerprint density at radius 1 is 1.41 bits per heavy atom. The minimum atomic E-state index is -0.323. The van der Waals surface area contributed by atoms with Crippen LogP contribution in [0.1, 0.15) is 35.5 Å². The number of thiophene rings is 1. The smallest absolute Gasteiger partial charge is 0.348 e. The highest BCUT2D eigenvalue weighted by atomic mass is 32.1. The summed E-state index contributed by atoms with van der Waals surface area (Å²) in [5, 5.41) is 4.52. The van der Waals surface area contributed by atoms with Gasteiger partial charge in [-0.3, -0.25) is 4.90 Å². The van der Waals surface area contributed by atoms with E-state index in [1.54, 1.807) is 6.33 Å². The van der Waals surface area contributed by atoms with Crippen LogP contribution in [0.3, 0.4) is 0 Å². The fourth-order valence-electron chi connectivity index (χ4n) is 4.07. The molecule has 27 heavy (non-hydrogen) atoms. The van der Waals surface area contributed by atoms with Gasteiger partial charge in [-0.1, -0.05) is 13.8 Å². The number of carbonyl (C=O) groups is 1. The third-order valence-corrected chi connectivity index (χ3v) is 6.81. The zero-order valence-electron chi connectivity index (χ0n) is 16.2. The highest BCUT2D eigenvalue weighted by molar-refractivity contribution is 7.20. The maximum Gasteiger partial charge on any atom is 0.348 e. The standard InChI is InChI=1S/C19H26N4O3S/c1-10(2)14-7-23-6-12(5-13(23)8-26-14)22-17-15-11(3)16(19(24)25-4)27-18(15)21-9-20-17/h9-10,12-14H,5-8H2,1-4H3,(H,20,21,22)/t12-,13+,14+/m1/s1. The summed E-state index contributed by atoms with van der Waals surface area (Å²) in [6.07, 6.45) is 2.90. The lowest BCUT2D eigenvalue weighted by molar-refractivity contribution is -0.0683. The summed E-state index contributed by atoms with van der Waals surface area (Å²) in [5.41, 5.74) is 0.879. The Hall–Kier alpha value is -1.77. The van der Waals surface area contributed by atoms with Gasteiger partial charge in [0.05, 0.1) is 25.2 Å². The van der Waals surface area contributed by atoms with E-state index in [-0.39, 0.29) is 5.97 Å². The number of hydrogen-bond donors (Lipinski definition) is 1. The number of ether oxygens (including phenoxy) is 2. The number of aryl methyl sites for hydroxylation is 1. The number of nitrogens with zero attached hydrogens (tertiary/aromatic N) is 3. The summed E-state index contributed by atoms with van der Waals surface area (Å²) < 4.78 is 10.9. The van der Waals surface area contributed by atoms with E-state index in [9.17, 15) is 4.79 Å². The van der Waals surface area contributed by atoms with E-state index >= 15 is 0 Å². The second-order valence-corrected chi connectivity index (χ2v) is 8.75. The van der Waals surface area contributed by atoms with Gasteiger partial charge in [0.2, 0.25) is 0 Å². The molecule has 2 aliphatic rings. The molecule has 0 aromatic carbocycles. The van der Waals surface area contributed by atoms with Gasteiger partial charge in [-0.15, -0.1) is 11.3 Å². The molecule has 4 rings (SSSR count). The molecule has 4 heterocycles. The van der Waals surface area contributed by atoms with Crippen LogP contribution in [-0.2, 0) is 9.47 Å². The largest absolute Gasteiger partial charge is 0.465 e. The molecule has 146 valence electrons. The second kappa shape index (κ2) is 7.33. The van der Waals surface area contributed by atoms with Gasteiger partial charge < -0.3 is 14.8 Å². The molecule has 2 aromatic rings. The van der Waals surface area contributed by atoms with Crippen molar-refractivity contribution < 1.29 is 14.3 Å². The molecule has 2 fully saturated rings. The lowest BCUT2D eigenvalue weighted by Gasteiger charge is -2.36. The van der Waals surface area contributed by atoms with Gasteiger partial charge in [-0.2, -0.15) is 0 Å². The molecule has 0 unspecified atom stereocenters. The average molecular weight is 391 g/mol. The number of fused-ring (bicyclic) bond motifs is 2. The van der Waals surface area contributed by atoms with Crippen molar-refractivity contribution in [3.8, 4) is 0 Å². The van der Waals surface area contributed by atoms with E-state index in [1.165, 1.54) is 18.4 Å². The van der Waals surface area contributed by atoms with Crippen molar-refractivity contribution in [1.82, 2.24) is 14.9 Å². The molecule has 7 nitrogen and oxygen atoms in total. The van der Waals surface area contributed by atoms with Crippen LogP contribution in [0.15, 0.2) is 6.33 Å². The first-order valence-corrected chi connectivity index (χ1v) is 10.2. The molecule has 2 aliphatic heterocycles. The quantitative estimate of drug-likeness (QED) is 0.804. The van der Waals surface area contributed by atoms with Crippen LogP contribution >= 0.6 is 11.3 Å². The van der Waals surface area contributed by atoms with E-state index < -0.39 is 0 Å².